The summed E-state index contributed by atoms with van der Waals surface area (Å²) in [6, 6.07) is 3.62. The molecule has 0 radical (unpaired) electrons. The van der Waals surface area contributed by atoms with Crippen LogP contribution in [-0.4, -0.2) is 14.8 Å². The fraction of sp³-hybridized carbons (Fsp3) is 0.222. The summed E-state index contributed by atoms with van der Waals surface area (Å²) in [5.41, 5.74) is 3.11. The summed E-state index contributed by atoms with van der Waals surface area (Å²) < 4.78 is 1.59. The van der Waals surface area contributed by atoms with Crippen LogP contribution in [-0.2, 0) is 6.54 Å². The minimum atomic E-state index is -0.0139. The van der Waals surface area contributed by atoms with Crippen LogP contribution in [0, 0.1) is 6.92 Å². The number of nitrogens with zero attached hydrogens (tertiary/aromatic N) is 3. The van der Waals surface area contributed by atoms with Crippen LogP contribution in [0.25, 0.3) is 0 Å². The Morgan fingerprint density at radius 3 is 3.06 bits per heavy atom. The molecule has 16 heavy (non-hydrogen) atoms. The molecule has 0 aromatic carbocycles. The predicted molar refractivity (Wildman–Crippen MR) is 62.3 cm³/mol. The Bertz CT molecular complexity index is 547. The number of nitrogens with two attached hydrogens (primary N) is 1. The van der Waals surface area contributed by atoms with Gasteiger partial charge in [-0.1, -0.05) is 17.4 Å². The molecule has 2 aromatic heterocycles. The molecule has 0 bridgehead atoms. The van der Waals surface area contributed by atoms with Gasteiger partial charge in [0.1, 0.15) is 5.01 Å². The first kappa shape index (κ1) is 10.8. The number of hydrogen-bond donors (Lipinski definition) is 2. The Morgan fingerprint density at radius 2 is 2.38 bits per heavy atom. The van der Waals surface area contributed by atoms with Gasteiger partial charge in [-0.3, -0.25) is 10.2 Å². The van der Waals surface area contributed by atoms with Gasteiger partial charge in [-0.2, -0.15) is 0 Å². The first-order valence-corrected chi connectivity index (χ1v) is 5.47. The molecule has 2 aromatic rings. The molecule has 0 spiro atoms. The fourth-order valence-corrected chi connectivity index (χ4v) is 1.95. The molecule has 0 saturated heterocycles. The molecular formula is C9H11N5OS. The lowest BCUT2D eigenvalue weighted by molar-refractivity contribution is 0.738. The van der Waals surface area contributed by atoms with Crippen molar-refractivity contribution in [2.75, 3.05) is 5.43 Å². The van der Waals surface area contributed by atoms with E-state index in [1.165, 1.54) is 11.3 Å². The van der Waals surface area contributed by atoms with Gasteiger partial charge in [0.25, 0.3) is 5.56 Å². The molecule has 0 aliphatic heterocycles. The maximum Gasteiger partial charge on any atom is 0.253 e. The highest BCUT2D eigenvalue weighted by Crippen LogP contribution is 2.13. The summed E-state index contributed by atoms with van der Waals surface area (Å²) in [6.45, 7) is 2.20. The molecular weight excluding hydrogens is 226 g/mol. The molecule has 3 N–H and O–H groups in total. The van der Waals surface area contributed by atoms with Crippen LogP contribution in [0.1, 0.15) is 10.6 Å². The number of nitrogen functional groups attached to an aromatic ring is 1. The molecule has 2 heterocycles. The first-order valence-electron chi connectivity index (χ1n) is 4.66. The van der Waals surface area contributed by atoms with Crippen molar-refractivity contribution in [1.82, 2.24) is 14.8 Å². The lowest BCUT2D eigenvalue weighted by Crippen LogP contribution is -2.21. The normalized spacial score (nSPS) is 10.4. The quantitative estimate of drug-likeness (QED) is 0.594. The zero-order valence-electron chi connectivity index (χ0n) is 8.67. The first-order chi connectivity index (χ1) is 7.70. The van der Waals surface area contributed by atoms with Crippen LogP contribution in [0.15, 0.2) is 23.1 Å². The minimum Gasteiger partial charge on any atom is -0.308 e. The van der Waals surface area contributed by atoms with Crippen molar-refractivity contribution < 1.29 is 0 Å². The summed E-state index contributed by atoms with van der Waals surface area (Å²) >= 11 is 1.32. The predicted octanol–water partition coefficient (Wildman–Crippen LogP) is 0.342. The van der Waals surface area contributed by atoms with Gasteiger partial charge in [0.05, 0.1) is 6.54 Å². The van der Waals surface area contributed by atoms with Gasteiger partial charge in [0, 0.05) is 11.8 Å². The largest absolute Gasteiger partial charge is 0.308 e. The van der Waals surface area contributed by atoms with Crippen molar-refractivity contribution in [2.24, 2.45) is 5.84 Å². The molecule has 6 nitrogen and oxygen atoms in total. The Labute approximate surface area is 95.7 Å². The Kier molecular flexibility index (Phi) is 2.97. The lowest BCUT2D eigenvalue weighted by atomic mass is 10.3. The highest BCUT2D eigenvalue weighted by atomic mass is 32.1. The lowest BCUT2D eigenvalue weighted by Gasteiger charge is -2.02. The average molecular weight is 237 g/mol. The van der Waals surface area contributed by atoms with E-state index in [0.717, 1.165) is 5.01 Å². The monoisotopic (exact) mass is 237 g/mol. The Balaban J connectivity index is 2.27. The van der Waals surface area contributed by atoms with Crippen LogP contribution >= 0.6 is 11.3 Å². The standard InChI is InChI=1S/C9H11N5OS/c1-6-3-2-4-14(8(6)15)5-7-12-13-9(11-10)16-7/h2-4H,5,10H2,1H3,(H,11,13). The summed E-state index contributed by atoms with van der Waals surface area (Å²) in [5.74, 6) is 5.20. The third-order valence-corrected chi connectivity index (χ3v) is 2.95. The van der Waals surface area contributed by atoms with E-state index in [-0.39, 0.29) is 5.56 Å². The van der Waals surface area contributed by atoms with Gasteiger partial charge in [0.2, 0.25) is 5.13 Å². The van der Waals surface area contributed by atoms with Crippen molar-refractivity contribution in [3.05, 3.63) is 39.3 Å². The average Bonchev–Trinajstić information content (AvgIpc) is 2.73. The third kappa shape index (κ3) is 2.10. The number of nitrogens with one attached hydrogen (secondary N) is 1. The molecule has 7 heteroatoms. The summed E-state index contributed by atoms with van der Waals surface area (Å²) in [4.78, 5) is 11.7. The zero-order valence-corrected chi connectivity index (χ0v) is 9.49. The summed E-state index contributed by atoms with van der Waals surface area (Å²) in [5, 5.41) is 8.99. The van der Waals surface area contributed by atoms with E-state index in [0.29, 0.717) is 17.2 Å². The molecule has 0 atom stereocenters. The molecule has 0 aliphatic rings. The second-order valence-corrected chi connectivity index (χ2v) is 4.33. The number of pyridine rings is 1. The third-order valence-electron chi connectivity index (χ3n) is 2.11. The summed E-state index contributed by atoms with van der Waals surface area (Å²) in [7, 11) is 0. The van der Waals surface area contributed by atoms with Gasteiger partial charge < -0.3 is 4.57 Å². The number of anilines is 1. The number of hydrazine groups is 1. The van der Waals surface area contributed by atoms with E-state index < -0.39 is 0 Å². The molecule has 84 valence electrons. The molecule has 0 amide bonds. The van der Waals surface area contributed by atoms with Crippen LogP contribution in [0.5, 0.6) is 0 Å². The van der Waals surface area contributed by atoms with Gasteiger partial charge in [-0.05, 0) is 13.0 Å². The maximum absolute atomic E-state index is 11.7. The Hall–Kier alpha value is -1.73. The van der Waals surface area contributed by atoms with Crippen molar-refractivity contribution in [3.8, 4) is 0 Å². The SMILES string of the molecule is Cc1cccn(Cc2nnc(NN)s2)c1=O. The van der Waals surface area contributed by atoms with Gasteiger partial charge in [-0.15, -0.1) is 10.2 Å². The highest BCUT2D eigenvalue weighted by molar-refractivity contribution is 7.15. The number of aryl methyl sites for hydroxylation is 1. The van der Waals surface area contributed by atoms with E-state index in [1.54, 1.807) is 23.8 Å². The molecule has 0 fully saturated rings. The smallest absolute Gasteiger partial charge is 0.253 e. The van der Waals surface area contributed by atoms with Crippen LogP contribution in [0.2, 0.25) is 0 Å². The van der Waals surface area contributed by atoms with Gasteiger partial charge in [-0.25, -0.2) is 5.84 Å². The van der Waals surface area contributed by atoms with Crippen molar-refractivity contribution in [1.29, 1.82) is 0 Å². The van der Waals surface area contributed by atoms with E-state index in [1.807, 2.05) is 6.07 Å². The number of hydrogen-bond acceptors (Lipinski definition) is 6. The van der Waals surface area contributed by atoms with Crippen molar-refractivity contribution >= 4 is 16.5 Å². The maximum atomic E-state index is 11.7. The van der Waals surface area contributed by atoms with Crippen LogP contribution in [0.4, 0.5) is 5.13 Å². The van der Waals surface area contributed by atoms with Gasteiger partial charge >= 0.3 is 0 Å². The Morgan fingerprint density at radius 1 is 1.56 bits per heavy atom. The van der Waals surface area contributed by atoms with Gasteiger partial charge in [0.15, 0.2) is 0 Å². The molecule has 2 rings (SSSR count). The number of rotatable bonds is 3. The van der Waals surface area contributed by atoms with Crippen molar-refractivity contribution in [3.63, 3.8) is 0 Å². The van der Waals surface area contributed by atoms with E-state index in [9.17, 15) is 4.79 Å². The zero-order chi connectivity index (χ0) is 11.5. The van der Waals surface area contributed by atoms with Crippen LogP contribution in [0.3, 0.4) is 0 Å². The fourth-order valence-electron chi connectivity index (χ4n) is 1.30. The molecule has 0 aliphatic carbocycles. The molecule has 0 saturated carbocycles. The second kappa shape index (κ2) is 4.42. The number of aromatic nitrogens is 3. The van der Waals surface area contributed by atoms with E-state index >= 15 is 0 Å². The second-order valence-electron chi connectivity index (χ2n) is 3.27. The summed E-state index contributed by atoms with van der Waals surface area (Å²) in [6.07, 6.45) is 1.73. The van der Waals surface area contributed by atoms with Crippen molar-refractivity contribution in [2.45, 2.75) is 13.5 Å². The van der Waals surface area contributed by atoms with E-state index in [4.69, 9.17) is 5.84 Å². The van der Waals surface area contributed by atoms with Crippen LogP contribution < -0.4 is 16.8 Å². The topological polar surface area (TPSA) is 85.8 Å². The minimum absolute atomic E-state index is 0.0139. The molecule has 0 unspecified atom stereocenters. The van der Waals surface area contributed by atoms with E-state index in [2.05, 4.69) is 15.6 Å². The highest BCUT2D eigenvalue weighted by Gasteiger charge is 2.05.